The maximum atomic E-state index is 8.38. The Morgan fingerprint density at radius 2 is 1.81 bits per heavy atom. The summed E-state index contributed by atoms with van der Waals surface area (Å²) in [6.45, 7) is 10.9. The van der Waals surface area contributed by atoms with Crippen LogP contribution in [0.25, 0.3) is 0 Å². The van der Waals surface area contributed by atoms with Gasteiger partial charge in [0.1, 0.15) is 11.7 Å². The average molecular weight is 351 g/mol. The zero-order valence-corrected chi connectivity index (χ0v) is 16.0. The SMILES string of the molecule is C=C(C)/C=C\C=C1/N(C)CCN1Cc1ccc(C(=N)N2CCCC2)cc1. The maximum absolute atomic E-state index is 8.38. The molecule has 2 aliphatic rings. The fourth-order valence-corrected chi connectivity index (χ4v) is 3.54. The highest BCUT2D eigenvalue weighted by atomic mass is 15.4. The van der Waals surface area contributed by atoms with Gasteiger partial charge in [-0.3, -0.25) is 5.41 Å². The van der Waals surface area contributed by atoms with Gasteiger partial charge in [0.05, 0.1) is 0 Å². The molecule has 0 bridgehead atoms. The first-order valence-electron chi connectivity index (χ1n) is 9.47. The van der Waals surface area contributed by atoms with Crippen LogP contribution >= 0.6 is 0 Å². The Morgan fingerprint density at radius 3 is 2.46 bits per heavy atom. The van der Waals surface area contributed by atoms with Crippen LogP contribution in [0.2, 0.25) is 0 Å². The van der Waals surface area contributed by atoms with E-state index in [9.17, 15) is 0 Å². The number of nitrogens with one attached hydrogen (secondary N) is 1. The number of benzene rings is 1. The Labute approximate surface area is 157 Å². The second kappa shape index (κ2) is 8.26. The smallest absolute Gasteiger partial charge is 0.128 e. The van der Waals surface area contributed by atoms with Gasteiger partial charge in [-0.25, -0.2) is 0 Å². The summed E-state index contributed by atoms with van der Waals surface area (Å²) >= 11 is 0. The lowest BCUT2D eigenvalue weighted by Crippen LogP contribution is -2.27. The standard InChI is InChI=1S/C22H30N4/c1-18(2)7-6-8-21-24(3)15-16-26(21)17-19-9-11-20(12-10-19)22(23)25-13-4-5-14-25/h6-12,23H,1,4-5,13-17H2,2-3H3/b7-6-,21-8+,23-22?. The number of allylic oxidation sites excluding steroid dienone is 4. The normalized spacial score (nSPS) is 19.2. The van der Waals surface area contributed by atoms with Gasteiger partial charge in [-0.05, 0) is 31.4 Å². The van der Waals surface area contributed by atoms with Gasteiger partial charge in [0, 0.05) is 45.3 Å². The van der Waals surface area contributed by atoms with Crippen molar-refractivity contribution in [1.29, 1.82) is 5.41 Å². The predicted octanol–water partition coefficient (Wildman–Crippen LogP) is 3.83. The van der Waals surface area contributed by atoms with Crippen LogP contribution < -0.4 is 0 Å². The molecule has 0 amide bonds. The van der Waals surface area contributed by atoms with E-state index in [0.29, 0.717) is 5.84 Å². The van der Waals surface area contributed by atoms with Crippen molar-refractivity contribution >= 4 is 5.84 Å². The largest absolute Gasteiger partial charge is 0.360 e. The molecule has 0 aliphatic carbocycles. The first kappa shape index (κ1) is 18.3. The van der Waals surface area contributed by atoms with Gasteiger partial charge in [-0.15, -0.1) is 0 Å². The average Bonchev–Trinajstić information content (AvgIpc) is 3.27. The Morgan fingerprint density at radius 1 is 1.12 bits per heavy atom. The molecule has 1 N–H and O–H groups in total. The van der Waals surface area contributed by atoms with Crippen molar-refractivity contribution in [2.75, 3.05) is 33.2 Å². The molecule has 138 valence electrons. The summed E-state index contributed by atoms with van der Waals surface area (Å²) < 4.78 is 0. The lowest BCUT2D eigenvalue weighted by Gasteiger charge is -2.22. The first-order valence-corrected chi connectivity index (χ1v) is 9.47. The predicted molar refractivity (Wildman–Crippen MR) is 109 cm³/mol. The lowest BCUT2D eigenvalue weighted by atomic mass is 10.1. The van der Waals surface area contributed by atoms with Crippen LogP contribution in [0.3, 0.4) is 0 Å². The molecule has 0 aromatic heterocycles. The van der Waals surface area contributed by atoms with Gasteiger partial charge in [-0.1, -0.05) is 48.6 Å². The first-order chi connectivity index (χ1) is 12.5. The van der Waals surface area contributed by atoms with E-state index in [1.54, 1.807) is 0 Å². The summed E-state index contributed by atoms with van der Waals surface area (Å²) in [4.78, 5) is 6.88. The number of amidine groups is 1. The number of hydrogen-bond donors (Lipinski definition) is 1. The molecule has 2 aliphatic heterocycles. The van der Waals surface area contributed by atoms with E-state index >= 15 is 0 Å². The third kappa shape index (κ3) is 4.37. The molecule has 1 aromatic carbocycles. The van der Waals surface area contributed by atoms with E-state index in [-0.39, 0.29) is 0 Å². The molecule has 3 rings (SSSR count). The summed E-state index contributed by atoms with van der Waals surface area (Å²) in [5.41, 5.74) is 3.37. The highest BCUT2D eigenvalue weighted by Gasteiger charge is 2.21. The second-order valence-electron chi connectivity index (χ2n) is 7.31. The molecule has 4 nitrogen and oxygen atoms in total. The van der Waals surface area contributed by atoms with E-state index in [1.807, 2.05) is 13.0 Å². The molecule has 0 spiro atoms. The maximum Gasteiger partial charge on any atom is 0.128 e. The minimum atomic E-state index is 0.667. The zero-order chi connectivity index (χ0) is 18.5. The molecular weight excluding hydrogens is 320 g/mol. The Bertz CT molecular complexity index is 708. The number of rotatable bonds is 5. The summed E-state index contributed by atoms with van der Waals surface area (Å²) in [6, 6.07) is 8.53. The number of nitrogens with zero attached hydrogens (tertiary/aromatic N) is 3. The quantitative estimate of drug-likeness (QED) is 0.498. The topological polar surface area (TPSA) is 33.6 Å². The van der Waals surface area contributed by atoms with Crippen LogP contribution in [0, 0.1) is 5.41 Å². The van der Waals surface area contributed by atoms with Crippen molar-refractivity contribution < 1.29 is 0 Å². The fourth-order valence-electron chi connectivity index (χ4n) is 3.54. The Balaban J connectivity index is 1.66. The van der Waals surface area contributed by atoms with Gasteiger partial charge in [0.2, 0.25) is 0 Å². The number of likely N-dealkylation sites (tertiary alicyclic amines) is 1. The minimum absolute atomic E-state index is 0.667. The molecule has 2 saturated heterocycles. The van der Waals surface area contributed by atoms with Gasteiger partial charge in [0.15, 0.2) is 0 Å². The van der Waals surface area contributed by atoms with Gasteiger partial charge in [-0.2, -0.15) is 0 Å². The van der Waals surface area contributed by atoms with Crippen LogP contribution in [-0.4, -0.2) is 53.8 Å². The fraction of sp³-hybridized carbons (Fsp3) is 0.409. The van der Waals surface area contributed by atoms with Crippen molar-refractivity contribution in [2.24, 2.45) is 0 Å². The van der Waals surface area contributed by atoms with Crippen LogP contribution in [0.1, 0.15) is 30.9 Å². The summed E-state index contributed by atoms with van der Waals surface area (Å²) in [5, 5.41) is 8.38. The van der Waals surface area contributed by atoms with Crippen LogP contribution in [-0.2, 0) is 6.54 Å². The summed E-state index contributed by atoms with van der Waals surface area (Å²) in [7, 11) is 2.14. The summed E-state index contributed by atoms with van der Waals surface area (Å²) in [5.74, 6) is 1.91. The van der Waals surface area contributed by atoms with Crippen molar-refractivity contribution in [3.63, 3.8) is 0 Å². The van der Waals surface area contributed by atoms with Crippen LogP contribution in [0.15, 0.2) is 60.5 Å². The van der Waals surface area contributed by atoms with Gasteiger partial charge >= 0.3 is 0 Å². The molecule has 26 heavy (non-hydrogen) atoms. The molecule has 4 heteroatoms. The van der Waals surface area contributed by atoms with Crippen molar-refractivity contribution in [3.05, 3.63) is 71.6 Å². The van der Waals surface area contributed by atoms with E-state index in [1.165, 1.54) is 24.2 Å². The van der Waals surface area contributed by atoms with Crippen LogP contribution in [0.5, 0.6) is 0 Å². The van der Waals surface area contributed by atoms with Crippen LogP contribution in [0.4, 0.5) is 0 Å². The summed E-state index contributed by atoms with van der Waals surface area (Å²) in [6.07, 6.45) is 8.69. The number of hydrogen-bond acceptors (Lipinski definition) is 3. The van der Waals surface area contributed by atoms with Crippen molar-refractivity contribution in [3.8, 4) is 0 Å². The van der Waals surface area contributed by atoms with E-state index < -0.39 is 0 Å². The monoisotopic (exact) mass is 350 g/mol. The number of likely N-dealkylation sites (N-methyl/N-ethyl adjacent to an activating group) is 1. The third-order valence-corrected chi connectivity index (χ3v) is 5.07. The molecule has 1 aromatic rings. The molecule has 2 heterocycles. The Kier molecular flexibility index (Phi) is 5.82. The van der Waals surface area contributed by atoms with E-state index in [0.717, 1.165) is 43.9 Å². The second-order valence-corrected chi connectivity index (χ2v) is 7.31. The molecule has 0 saturated carbocycles. The molecule has 0 unspecified atom stereocenters. The molecule has 0 radical (unpaired) electrons. The molecule has 0 atom stereocenters. The molecule has 2 fully saturated rings. The van der Waals surface area contributed by atoms with Crippen molar-refractivity contribution in [1.82, 2.24) is 14.7 Å². The Hall–Kier alpha value is -2.49. The zero-order valence-electron chi connectivity index (χ0n) is 16.0. The minimum Gasteiger partial charge on any atom is -0.360 e. The lowest BCUT2D eigenvalue weighted by molar-refractivity contribution is 0.359. The van der Waals surface area contributed by atoms with E-state index in [4.69, 9.17) is 5.41 Å². The highest BCUT2D eigenvalue weighted by molar-refractivity contribution is 5.96. The highest BCUT2D eigenvalue weighted by Crippen LogP contribution is 2.21. The molecular formula is C22H30N4. The van der Waals surface area contributed by atoms with Crippen molar-refractivity contribution in [2.45, 2.75) is 26.3 Å². The van der Waals surface area contributed by atoms with E-state index in [2.05, 4.69) is 64.7 Å². The van der Waals surface area contributed by atoms with Gasteiger partial charge < -0.3 is 14.7 Å². The van der Waals surface area contributed by atoms with Gasteiger partial charge in [0.25, 0.3) is 0 Å². The third-order valence-electron chi connectivity index (χ3n) is 5.07.